The number of ether oxygens (including phenoxy) is 1. The smallest absolute Gasteiger partial charge is 0.253 e. The number of halogens is 1. The Bertz CT molecular complexity index is 667. The van der Waals surface area contributed by atoms with Crippen LogP contribution in [0.1, 0.15) is 10.4 Å². The predicted molar refractivity (Wildman–Crippen MR) is 73.5 cm³/mol. The molecule has 0 saturated heterocycles. The van der Waals surface area contributed by atoms with Gasteiger partial charge >= 0.3 is 0 Å². The summed E-state index contributed by atoms with van der Waals surface area (Å²) >= 11 is 3.32. The molecule has 0 radical (unpaired) electrons. The first kappa shape index (κ1) is 13.5. The molecule has 0 N–H and O–H groups in total. The maximum atomic E-state index is 12.1. The van der Waals surface area contributed by atoms with Crippen LogP contribution in [0.5, 0.6) is 5.75 Å². The van der Waals surface area contributed by atoms with E-state index in [1.807, 2.05) is 0 Å². The molecule has 0 unspecified atom stereocenters. The molecule has 1 aromatic carbocycles. The van der Waals surface area contributed by atoms with Crippen molar-refractivity contribution in [3.05, 3.63) is 57.2 Å². The molecule has 0 aliphatic heterocycles. The number of carbonyl (C=O) groups is 1. The molecule has 98 valence electrons. The van der Waals surface area contributed by atoms with Crippen LogP contribution in [0.4, 0.5) is 0 Å². The Morgan fingerprint density at radius 3 is 2.84 bits per heavy atom. The van der Waals surface area contributed by atoms with Crippen molar-refractivity contribution in [3.63, 3.8) is 0 Å². The van der Waals surface area contributed by atoms with E-state index in [0.717, 1.165) is 0 Å². The lowest BCUT2D eigenvalue weighted by atomic mass is 10.1. The maximum Gasteiger partial charge on any atom is 0.253 e. The molecular formula is C13H11BrN2O3. The molecule has 1 heterocycles. The minimum atomic E-state index is -0.254. The van der Waals surface area contributed by atoms with Crippen molar-refractivity contribution in [2.45, 2.75) is 6.54 Å². The lowest BCUT2D eigenvalue weighted by Gasteiger charge is -2.07. The Kier molecular flexibility index (Phi) is 4.11. The van der Waals surface area contributed by atoms with Gasteiger partial charge in [-0.3, -0.25) is 14.2 Å². The van der Waals surface area contributed by atoms with Crippen molar-refractivity contribution in [2.75, 3.05) is 7.11 Å². The molecule has 2 rings (SSSR count). The van der Waals surface area contributed by atoms with Gasteiger partial charge in [0, 0.05) is 17.8 Å². The van der Waals surface area contributed by atoms with Gasteiger partial charge in [-0.05, 0) is 34.1 Å². The normalized spacial score (nSPS) is 10.2. The van der Waals surface area contributed by atoms with E-state index in [2.05, 4.69) is 20.9 Å². The van der Waals surface area contributed by atoms with Crippen LogP contribution < -0.4 is 10.3 Å². The number of methoxy groups -OCH3 is 1. The lowest BCUT2D eigenvalue weighted by molar-refractivity contribution is 0.0970. The third-order valence-corrected chi connectivity index (χ3v) is 3.20. The molecule has 0 aliphatic rings. The highest BCUT2D eigenvalue weighted by Gasteiger charge is 2.10. The fraction of sp³-hybridized carbons (Fsp3) is 0.154. The summed E-state index contributed by atoms with van der Waals surface area (Å²) in [6, 6.07) is 6.34. The molecule has 0 atom stereocenters. The SMILES string of the molecule is COc1ccc(C(=O)Cn2cnccc2=O)cc1Br. The van der Waals surface area contributed by atoms with Gasteiger partial charge in [-0.25, -0.2) is 4.98 Å². The van der Waals surface area contributed by atoms with E-state index in [1.54, 1.807) is 25.3 Å². The summed E-state index contributed by atoms with van der Waals surface area (Å²) in [6.45, 7) is -0.0363. The Hall–Kier alpha value is -1.95. The van der Waals surface area contributed by atoms with E-state index < -0.39 is 0 Å². The number of nitrogens with zero attached hydrogens (tertiary/aromatic N) is 2. The van der Waals surface area contributed by atoms with Crippen LogP contribution in [0.2, 0.25) is 0 Å². The van der Waals surface area contributed by atoms with E-state index in [-0.39, 0.29) is 17.9 Å². The molecule has 1 aromatic heterocycles. The average molecular weight is 323 g/mol. The fourth-order valence-corrected chi connectivity index (χ4v) is 2.12. The molecule has 0 amide bonds. The molecule has 19 heavy (non-hydrogen) atoms. The van der Waals surface area contributed by atoms with Gasteiger partial charge in [0.2, 0.25) is 0 Å². The van der Waals surface area contributed by atoms with E-state index in [4.69, 9.17) is 4.74 Å². The number of Topliss-reactive ketones (excluding diaryl/α,β-unsaturated/α-hetero) is 1. The molecule has 0 spiro atoms. The average Bonchev–Trinajstić information content (AvgIpc) is 2.41. The van der Waals surface area contributed by atoms with E-state index in [0.29, 0.717) is 15.8 Å². The monoisotopic (exact) mass is 322 g/mol. The summed E-state index contributed by atoms with van der Waals surface area (Å²) in [5, 5.41) is 0. The topological polar surface area (TPSA) is 61.2 Å². The van der Waals surface area contributed by atoms with Gasteiger partial charge in [-0.2, -0.15) is 0 Å². The number of ketones is 1. The molecule has 2 aromatic rings. The quantitative estimate of drug-likeness (QED) is 0.806. The van der Waals surface area contributed by atoms with Gasteiger partial charge in [-0.15, -0.1) is 0 Å². The van der Waals surface area contributed by atoms with Crippen LogP contribution in [0, 0.1) is 0 Å². The van der Waals surface area contributed by atoms with Gasteiger partial charge in [0.05, 0.1) is 24.5 Å². The number of rotatable bonds is 4. The minimum Gasteiger partial charge on any atom is -0.496 e. The van der Waals surface area contributed by atoms with Gasteiger partial charge < -0.3 is 4.74 Å². The first-order valence-electron chi connectivity index (χ1n) is 5.49. The summed E-state index contributed by atoms with van der Waals surface area (Å²) in [5.74, 6) is 0.480. The van der Waals surface area contributed by atoms with Gasteiger partial charge in [0.1, 0.15) is 5.75 Å². The zero-order chi connectivity index (χ0) is 13.8. The highest BCUT2D eigenvalue weighted by molar-refractivity contribution is 9.10. The van der Waals surface area contributed by atoms with Gasteiger partial charge in [0.15, 0.2) is 5.78 Å². The molecule has 0 saturated carbocycles. The summed E-state index contributed by atoms with van der Waals surface area (Å²) in [5.41, 5.74) is 0.249. The van der Waals surface area contributed by atoms with Crippen LogP contribution in [-0.2, 0) is 6.54 Å². The minimum absolute atomic E-state index is 0.0363. The number of benzene rings is 1. The van der Waals surface area contributed by atoms with Gasteiger partial charge in [-0.1, -0.05) is 0 Å². The van der Waals surface area contributed by atoms with Crippen molar-refractivity contribution in [3.8, 4) is 5.75 Å². The van der Waals surface area contributed by atoms with Gasteiger partial charge in [0.25, 0.3) is 5.56 Å². The van der Waals surface area contributed by atoms with Crippen LogP contribution in [-0.4, -0.2) is 22.4 Å². The molecule has 5 nitrogen and oxygen atoms in total. The summed E-state index contributed by atoms with van der Waals surface area (Å²) in [7, 11) is 1.55. The number of carbonyl (C=O) groups excluding carboxylic acids is 1. The number of hydrogen-bond donors (Lipinski definition) is 0. The third-order valence-electron chi connectivity index (χ3n) is 2.58. The maximum absolute atomic E-state index is 12.1. The van der Waals surface area contributed by atoms with Crippen LogP contribution in [0.3, 0.4) is 0 Å². The van der Waals surface area contributed by atoms with Crippen molar-refractivity contribution < 1.29 is 9.53 Å². The van der Waals surface area contributed by atoms with E-state index in [9.17, 15) is 9.59 Å². The second kappa shape index (κ2) is 5.79. The second-order valence-electron chi connectivity index (χ2n) is 3.82. The molecule has 0 aliphatic carbocycles. The summed E-state index contributed by atoms with van der Waals surface area (Å²) in [6.07, 6.45) is 2.74. The largest absolute Gasteiger partial charge is 0.496 e. The van der Waals surface area contributed by atoms with Crippen LogP contribution >= 0.6 is 15.9 Å². The Labute approximate surface area is 118 Å². The summed E-state index contributed by atoms with van der Waals surface area (Å²) in [4.78, 5) is 27.4. The molecular weight excluding hydrogens is 312 g/mol. The van der Waals surface area contributed by atoms with Crippen LogP contribution in [0.15, 0.2) is 46.1 Å². The third kappa shape index (κ3) is 3.08. The second-order valence-corrected chi connectivity index (χ2v) is 4.67. The van der Waals surface area contributed by atoms with Crippen LogP contribution in [0.25, 0.3) is 0 Å². The standard InChI is InChI=1S/C13H11BrN2O3/c1-19-12-3-2-9(6-10(12)14)11(17)7-16-8-15-5-4-13(16)18/h2-6,8H,7H2,1H3. The first-order valence-corrected chi connectivity index (χ1v) is 6.28. The highest BCUT2D eigenvalue weighted by atomic mass is 79.9. The van der Waals surface area contributed by atoms with Crippen molar-refractivity contribution in [1.82, 2.24) is 9.55 Å². The van der Waals surface area contributed by atoms with Crippen molar-refractivity contribution in [1.29, 1.82) is 0 Å². The Morgan fingerprint density at radius 1 is 1.42 bits per heavy atom. The number of aromatic nitrogens is 2. The zero-order valence-electron chi connectivity index (χ0n) is 10.2. The Morgan fingerprint density at radius 2 is 2.21 bits per heavy atom. The zero-order valence-corrected chi connectivity index (χ0v) is 11.8. The molecule has 0 bridgehead atoms. The van der Waals surface area contributed by atoms with Crippen molar-refractivity contribution in [2.24, 2.45) is 0 Å². The van der Waals surface area contributed by atoms with E-state index in [1.165, 1.54) is 23.2 Å². The highest BCUT2D eigenvalue weighted by Crippen LogP contribution is 2.25. The Balaban J connectivity index is 2.23. The first-order chi connectivity index (χ1) is 9.11. The summed E-state index contributed by atoms with van der Waals surface area (Å²) < 4.78 is 7.05. The molecule has 6 heteroatoms. The number of hydrogen-bond acceptors (Lipinski definition) is 4. The fourth-order valence-electron chi connectivity index (χ4n) is 1.58. The lowest BCUT2D eigenvalue weighted by Crippen LogP contribution is -2.23. The predicted octanol–water partition coefficient (Wildman–Crippen LogP) is 1.90. The van der Waals surface area contributed by atoms with E-state index >= 15 is 0 Å². The van der Waals surface area contributed by atoms with Crippen molar-refractivity contribution >= 4 is 21.7 Å². The molecule has 0 fully saturated rings.